The highest BCUT2D eigenvalue weighted by atomic mass is 16.4. The van der Waals surface area contributed by atoms with Crippen molar-refractivity contribution in [2.45, 2.75) is 135 Å². The number of hydrogen-bond donors (Lipinski definition) is 8. The minimum Gasteiger partial charge on any atom is -0.481 e. The van der Waals surface area contributed by atoms with Crippen LogP contribution in [0.25, 0.3) is 0 Å². The molecule has 16 nitrogen and oxygen atoms in total. The van der Waals surface area contributed by atoms with Crippen molar-refractivity contribution in [3.63, 3.8) is 0 Å². The Bertz CT molecular complexity index is 1130. The van der Waals surface area contributed by atoms with Crippen LogP contribution in [0.1, 0.15) is 135 Å². The Kier molecular flexibility index (Phi) is 24.3. The van der Waals surface area contributed by atoms with Gasteiger partial charge in [0, 0.05) is 12.8 Å². The topological polar surface area (TPSA) is 298 Å². The van der Waals surface area contributed by atoms with E-state index < -0.39 is 83.3 Å². The molecule has 0 aromatic rings. The second-order valence-corrected chi connectivity index (χ2v) is 13.4. The van der Waals surface area contributed by atoms with E-state index in [1.165, 1.54) is 0 Å². The van der Waals surface area contributed by atoms with Gasteiger partial charge in [-0.2, -0.15) is 0 Å². The number of rotatable bonds is 34. The molecule has 0 saturated heterocycles. The lowest BCUT2D eigenvalue weighted by molar-refractivity contribution is -0.145. The van der Waals surface area contributed by atoms with Gasteiger partial charge in [0.25, 0.3) is 0 Å². The summed E-state index contributed by atoms with van der Waals surface area (Å²) in [5.74, 6) is -13.5. The van der Waals surface area contributed by atoms with Crippen LogP contribution in [0.2, 0.25) is 0 Å². The van der Waals surface area contributed by atoms with Crippen molar-refractivity contribution in [3.8, 4) is 0 Å². The molecule has 0 aromatic heterocycles. The van der Waals surface area contributed by atoms with Gasteiger partial charge >= 0.3 is 47.8 Å². The van der Waals surface area contributed by atoms with Gasteiger partial charge in [0.05, 0.1) is 35.5 Å². The fourth-order valence-corrected chi connectivity index (χ4v) is 6.37. The average Bonchev–Trinajstić information content (AvgIpc) is 3.02. The van der Waals surface area contributed by atoms with Gasteiger partial charge in [0.15, 0.2) is 0 Å². The lowest BCUT2D eigenvalue weighted by atomic mass is 9.87. The van der Waals surface area contributed by atoms with Crippen LogP contribution in [0.4, 0.5) is 0 Å². The predicted molar refractivity (Wildman–Crippen MR) is 179 cm³/mol. The highest BCUT2D eigenvalue weighted by Gasteiger charge is 2.26. The Labute approximate surface area is 297 Å². The molecule has 0 aromatic carbocycles. The molecular formula is C35H56O16. The molecule has 0 amide bonds. The van der Waals surface area contributed by atoms with Gasteiger partial charge < -0.3 is 40.9 Å². The molecule has 0 heterocycles. The van der Waals surface area contributed by atoms with Crippen LogP contribution in [-0.2, 0) is 38.4 Å². The lowest BCUT2D eigenvalue weighted by Crippen LogP contribution is -2.20. The predicted octanol–water partition coefficient (Wildman–Crippen LogP) is 5.55. The summed E-state index contributed by atoms with van der Waals surface area (Å²) in [6.45, 7) is 0. The fourth-order valence-electron chi connectivity index (χ4n) is 6.37. The van der Waals surface area contributed by atoms with Crippen molar-refractivity contribution in [1.82, 2.24) is 0 Å². The van der Waals surface area contributed by atoms with Crippen molar-refractivity contribution in [3.05, 3.63) is 0 Å². The zero-order valence-corrected chi connectivity index (χ0v) is 29.2. The second-order valence-electron chi connectivity index (χ2n) is 13.4. The highest BCUT2D eigenvalue weighted by Crippen LogP contribution is 2.27. The molecule has 0 fully saturated rings. The first kappa shape index (κ1) is 46.8. The molecule has 51 heavy (non-hydrogen) atoms. The van der Waals surface area contributed by atoms with Crippen LogP contribution in [0, 0.1) is 35.5 Å². The van der Waals surface area contributed by atoms with Crippen molar-refractivity contribution in [2.24, 2.45) is 35.5 Å². The zero-order valence-electron chi connectivity index (χ0n) is 29.2. The smallest absolute Gasteiger partial charge is 0.306 e. The normalized spacial score (nSPS) is 14.7. The van der Waals surface area contributed by atoms with Crippen LogP contribution in [0.3, 0.4) is 0 Å². The van der Waals surface area contributed by atoms with Gasteiger partial charge in [-0.25, -0.2) is 0 Å². The molecule has 6 unspecified atom stereocenters. The Hall–Kier alpha value is -4.24. The fraction of sp³-hybridized carbons (Fsp3) is 0.771. The average molecular weight is 733 g/mol. The minimum absolute atomic E-state index is 0.0537. The molecule has 0 rings (SSSR count). The summed E-state index contributed by atoms with van der Waals surface area (Å²) in [7, 11) is 0. The lowest BCUT2D eigenvalue weighted by Gasteiger charge is -2.18. The number of carboxylic acid groups (broad SMARTS) is 8. The summed E-state index contributed by atoms with van der Waals surface area (Å²) in [5.41, 5.74) is 0. The molecule has 0 saturated carbocycles. The second kappa shape index (κ2) is 26.6. The van der Waals surface area contributed by atoms with Crippen molar-refractivity contribution >= 4 is 47.8 Å². The third kappa shape index (κ3) is 23.0. The highest BCUT2D eigenvalue weighted by molar-refractivity contribution is 5.73. The SMILES string of the molecule is O=C(O)CCCCC(CCCC(CCCC(CCCC(CCCC(CCCC(CCC(=O)O)C(=O)O)C(=O)O)C(=O)O)C(=O)O)C(=O)O)C(=O)O. The monoisotopic (exact) mass is 732 g/mol. The molecule has 6 atom stereocenters. The third-order valence-electron chi connectivity index (χ3n) is 9.52. The Balaban J connectivity index is 4.79. The number of aliphatic carboxylic acids is 8. The number of carbonyl (C=O) groups is 8. The zero-order chi connectivity index (χ0) is 38.9. The van der Waals surface area contributed by atoms with E-state index in [0.717, 1.165) is 0 Å². The van der Waals surface area contributed by atoms with E-state index >= 15 is 0 Å². The molecule has 292 valence electrons. The number of carboxylic acids is 8. The molecule has 8 N–H and O–H groups in total. The molecule has 0 bridgehead atoms. The van der Waals surface area contributed by atoms with Gasteiger partial charge in [-0.3, -0.25) is 38.4 Å². The molecule has 0 spiro atoms. The maximum Gasteiger partial charge on any atom is 0.306 e. The van der Waals surface area contributed by atoms with Crippen molar-refractivity contribution in [1.29, 1.82) is 0 Å². The Morgan fingerprint density at radius 2 is 0.451 bits per heavy atom. The van der Waals surface area contributed by atoms with Crippen LogP contribution in [-0.4, -0.2) is 88.6 Å². The van der Waals surface area contributed by atoms with E-state index in [9.17, 15) is 69.0 Å². The summed E-state index contributed by atoms with van der Waals surface area (Å²) in [6, 6.07) is 0. The van der Waals surface area contributed by atoms with Crippen LogP contribution < -0.4 is 0 Å². The molecule has 0 aliphatic rings. The van der Waals surface area contributed by atoms with E-state index in [-0.39, 0.29) is 109 Å². The van der Waals surface area contributed by atoms with E-state index in [4.69, 9.17) is 10.2 Å². The standard InChI is InChI=1S/C35H56O16/c36-28(37)19-2-1-8-22(30(40)41)9-3-10-23(31(42)43)11-4-12-24(32(44)45)13-5-14-25(33(46)47)15-6-16-26(34(48)49)17-7-18-27(35(50)51)20-21-29(38)39/h22-27H,1-21H2,(H,36,37)(H,38,39)(H,40,41)(H,42,43)(H,44,45)(H,46,47)(H,48,49)(H,50,51). The summed E-state index contributed by atoms with van der Waals surface area (Å²) in [4.78, 5) is 91.6. The van der Waals surface area contributed by atoms with Gasteiger partial charge in [-0.1, -0.05) is 38.5 Å². The molecule has 0 aliphatic heterocycles. The Morgan fingerprint density at radius 3 is 0.647 bits per heavy atom. The van der Waals surface area contributed by atoms with Crippen LogP contribution >= 0.6 is 0 Å². The molecule has 0 radical (unpaired) electrons. The van der Waals surface area contributed by atoms with Crippen molar-refractivity contribution < 1.29 is 79.2 Å². The van der Waals surface area contributed by atoms with Gasteiger partial charge in [-0.05, 0) is 83.5 Å². The maximum absolute atomic E-state index is 11.9. The van der Waals surface area contributed by atoms with E-state index in [1.807, 2.05) is 0 Å². The van der Waals surface area contributed by atoms with E-state index in [2.05, 4.69) is 0 Å². The first-order valence-corrected chi connectivity index (χ1v) is 17.8. The summed E-state index contributed by atoms with van der Waals surface area (Å²) >= 11 is 0. The van der Waals surface area contributed by atoms with Gasteiger partial charge in [0.2, 0.25) is 0 Å². The summed E-state index contributed by atoms with van der Waals surface area (Å²) < 4.78 is 0. The van der Waals surface area contributed by atoms with Crippen molar-refractivity contribution in [2.75, 3.05) is 0 Å². The third-order valence-corrected chi connectivity index (χ3v) is 9.52. The minimum atomic E-state index is -1.15. The van der Waals surface area contributed by atoms with Crippen LogP contribution in [0.5, 0.6) is 0 Å². The molecule has 16 heteroatoms. The molecular weight excluding hydrogens is 676 g/mol. The van der Waals surface area contributed by atoms with Gasteiger partial charge in [-0.15, -0.1) is 0 Å². The first-order chi connectivity index (χ1) is 24.0. The summed E-state index contributed by atoms with van der Waals surface area (Å²) in [5, 5.41) is 74.9. The van der Waals surface area contributed by atoms with E-state index in [1.54, 1.807) is 0 Å². The van der Waals surface area contributed by atoms with Gasteiger partial charge in [0.1, 0.15) is 0 Å². The largest absolute Gasteiger partial charge is 0.481 e. The first-order valence-electron chi connectivity index (χ1n) is 17.8. The van der Waals surface area contributed by atoms with Crippen LogP contribution in [0.15, 0.2) is 0 Å². The summed E-state index contributed by atoms with van der Waals surface area (Å²) in [6.07, 6.45) is 3.84. The number of hydrogen-bond acceptors (Lipinski definition) is 8. The quantitative estimate of drug-likeness (QED) is 0.0376. The molecule has 0 aliphatic carbocycles. The maximum atomic E-state index is 11.9. The van der Waals surface area contributed by atoms with E-state index in [0.29, 0.717) is 25.7 Å². The Morgan fingerprint density at radius 1 is 0.255 bits per heavy atom. The number of unbranched alkanes of at least 4 members (excludes halogenated alkanes) is 1.